The molecule has 0 aromatic rings. The summed E-state index contributed by atoms with van der Waals surface area (Å²) >= 11 is 0. The molecule has 0 saturated carbocycles. The molecule has 0 aromatic carbocycles. The number of amides is 2. The van der Waals surface area contributed by atoms with Crippen molar-refractivity contribution in [3.63, 3.8) is 0 Å². The standard InChI is InChI=1S/C18H34N4O2/c1-3-20-11-13-22(14-12-20)18(24)15-16-6-9-21(10-7-16)17(23)5-4-8-19-2/h16,19H,3-15H2,1-2H3. The Bertz CT molecular complexity index is 400. The molecule has 2 saturated heterocycles. The van der Waals surface area contributed by atoms with Gasteiger partial charge in [-0.05, 0) is 45.3 Å². The van der Waals surface area contributed by atoms with Crippen molar-refractivity contribution < 1.29 is 9.59 Å². The molecule has 0 spiro atoms. The van der Waals surface area contributed by atoms with Gasteiger partial charge in [-0.15, -0.1) is 0 Å². The number of hydrogen-bond acceptors (Lipinski definition) is 4. The normalized spacial score (nSPS) is 20.4. The number of piperidine rings is 1. The van der Waals surface area contributed by atoms with Gasteiger partial charge >= 0.3 is 0 Å². The molecule has 24 heavy (non-hydrogen) atoms. The van der Waals surface area contributed by atoms with E-state index in [0.29, 0.717) is 24.7 Å². The molecule has 2 aliphatic heterocycles. The van der Waals surface area contributed by atoms with E-state index in [1.54, 1.807) is 0 Å². The van der Waals surface area contributed by atoms with Crippen LogP contribution >= 0.6 is 0 Å². The van der Waals surface area contributed by atoms with Crippen LogP contribution in [0.4, 0.5) is 0 Å². The monoisotopic (exact) mass is 338 g/mol. The Kier molecular flexibility index (Phi) is 7.99. The molecule has 0 bridgehead atoms. The second-order valence-corrected chi connectivity index (χ2v) is 7.05. The zero-order valence-electron chi connectivity index (χ0n) is 15.4. The largest absolute Gasteiger partial charge is 0.343 e. The second kappa shape index (κ2) is 9.99. The summed E-state index contributed by atoms with van der Waals surface area (Å²) in [6.07, 6.45) is 4.13. The third-order valence-corrected chi connectivity index (χ3v) is 5.42. The smallest absolute Gasteiger partial charge is 0.222 e. The highest BCUT2D eigenvalue weighted by Gasteiger charge is 2.27. The van der Waals surface area contributed by atoms with Gasteiger partial charge in [0.25, 0.3) is 0 Å². The number of carbonyl (C=O) groups is 2. The molecule has 1 N–H and O–H groups in total. The minimum atomic E-state index is 0.269. The second-order valence-electron chi connectivity index (χ2n) is 7.05. The van der Waals surface area contributed by atoms with Crippen molar-refractivity contribution in [3.05, 3.63) is 0 Å². The Hall–Kier alpha value is -1.14. The van der Waals surface area contributed by atoms with Crippen molar-refractivity contribution in [1.29, 1.82) is 0 Å². The number of hydrogen-bond donors (Lipinski definition) is 1. The van der Waals surface area contributed by atoms with E-state index in [2.05, 4.69) is 17.1 Å². The Morgan fingerprint density at radius 1 is 0.958 bits per heavy atom. The lowest BCUT2D eigenvalue weighted by Crippen LogP contribution is -2.49. The number of nitrogens with zero attached hydrogens (tertiary/aromatic N) is 3. The highest BCUT2D eigenvalue weighted by atomic mass is 16.2. The van der Waals surface area contributed by atoms with Crippen LogP contribution in [-0.2, 0) is 9.59 Å². The lowest BCUT2D eigenvalue weighted by atomic mass is 9.92. The van der Waals surface area contributed by atoms with Crippen molar-refractivity contribution in [2.75, 3.05) is 59.4 Å². The van der Waals surface area contributed by atoms with E-state index in [1.165, 1.54) is 0 Å². The fourth-order valence-corrected chi connectivity index (χ4v) is 3.65. The van der Waals surface area contributed by atoms with E-state index in [4.69, 9.17) is 0 Å². The van der Waals surface area contributed by atoms with Crippen molar-refractivity contribution in [3.8, 4) is 0 Å². The minimum absolute atomic E-state index is 0.269. The zero-order chi connectivity index (χ0) is 17.4. The van der Waals surface area contributed by atoms with Gasteiger partial charge in [0.05, 0.1) is 0 Å². The molecule has 2 heterocycles. The van der Waals surface area contributed by atoms with Gasteiger partial charge in [-0.1, -0.05) is 6.92 Å². The number of piperazine rings is 1. The Morgan fingerprint density at radius 2 is 1.58 bits per heavy atom. The van der Waals surface area contributed by atoms with Gasteiger partial charge in [0, 0.05) is 52.1 Å². The molecule has 0 aliphatic carbocycles. The summed E-state index contributed by atoms with van der Waals surface area (Å²) in [4.78, 5) is 31.0. The summed E-state index contributed by atoms with van der Waals surface area (Å²) in [7, 11) is 1.91. The van der Waals surface area contributed by atoms with Crippen LogP contribution in [0.15, 0.2) is 0 Å². The molecule has 0 aromatic heterocycles. The quantitative estimate of drug-likeness (QED) is 0.697. The molecular formula is C18H34N4O2. The van der Waals surface area contributed by atoms with Gasteiger partial charge in [-0.25, -0.2) is 0 Å². The molecule has 2 aliphatic rings. The molecule has 6 heteroatoms. The van der Waals surface area contributed by atoms with Gasteiger partial charge in [0.15, 0.2) is 0 Å². The van der Waals surface area contributed by atoms with Crippen molar-refractivity contribution in [2.45, 2.75) is 39.0 Å². The maximum absolute atomic E-state index is 12.5. The SMILES string of the molecule is CCN1CCN(C(=O)CC2CCN(C(=O)CCCNC)CC2)CC1. The van der Waals surface area contributed by atoms with Crippen LogP contribution in [-0.4, -0.2) is 85.9 Å². The molecule has 2 rings (SSSR count). The van der Waals surface area contributed by atoms with E-state index < -0.39 is 0 Å². The predicted octanol–water partition coefficient (Wildman–Crippen LogP) is 0.779. The molecule has 2 amide bonds. The van der Waals surface area contributed by atoms with E-state index >= 15 is 0 Å². The Morgan fingerprint density at radius 3 is 2.17 bits per heavy atom. The summed E-state index contributed by atoms with van der Waals surface area (Å²) in [5.41, 5.74) is 0. The van der Waals surface area contributed by atoms with Crippen LogP contribution in [0.5, 0.6) is 0 Å². The number of rotatable bonds is 7. The van der Waals surface area contributed by atoms with Crippen molar-refractivity contribution in [2.24, 2.45) is 5.92 Å². The summed E-state index contributed by atoms with van der Waals surface area (Å²) in [5.74, 6) is 1.03. The van der Waals surface area contributed by atoms with Crippen LogP contribution in [0.2, 0.25) is 0 Å². The van der Waals surface area contributed by atoms with Crippen LogP contribution < -0.4 is 5.32 Å². The molecule has 0 unspecified atom stereocenters. The average molecular weight is 338 g/mol. The minimum Gasteiger partial charge on any atom is -0.343 e. The molecule has 0 radical (unpaired) electrons. The van der Waals surface area contributed by atoms with E-state index in [1.807, 2.05) is 16.8 Å². The molecule has 0 atom stereocenters. The maximum Gasteiger partial charge on any atom is 0.222 e. The molecular weight excluding hydrogens is 304 g/mol. The number of likely N-dealkylation sites (tertiary alicyclic amines) is 1. The van der Waals surface area contributed by atoms with E-state index in [-0.39, 0.29) is 5.91 Å². The first-order chi connectivity index (χ1) is 11.6. The third-order valence-electron chi connectivity index (χ3n) is 5.42. The summed E-state index contributed by atoms with van der Waals surface area (Å²) < 4.78 is 0. The Labute approximate surface area is 146 Å². The summed E-state index contributed by atoms with van der Waals surface area (Å²) in [6.45, 7) is 9.52. The predicted molar refractivity (Wildman–Crippen MR) is 95.8 cm³/mol. The fraction of sp³-hybridized carbons (Fsp3) is 0.889. The topological polar surface area (TPSA) is 55.9 Å². The molecule has 6 nitrogen and oxygen atoms in total. The third kappa shape index (κ3) is 5.74. The van der Waals surface area contributed by atoms with Crippen molar-refractivity contribution >= 4 is 11.8 Å². The van der Waals surface area contributed by atoms with Gasteiger partial charge in [-0.3, -0.25) is 9.59 Å². The highest BCUT2D eigenvalue weighted by molar-refractivity contribution is 5.77. The first-order valence-corrected chi connectivity index (χ1v) is 9.56. The van der Waals surface area contributed by atoms with Crippen LogP contribution in [0.3, 0.4) is 0 Å². The fourth-order valence-electron chi connectivity index (χ4n) is 3.65. The Balaban J connectivity index is 1.65. The summed E-state index contributed by atoms with van der Waals surface area (Å²) in [5, 5.41) is 3.08. The van der Waals surface area contributed by atoms with Gasteiger partial charge in [0.2, 0.25) is 11.8 Å². The number of likely N-dealkylation sites (N-methyl/N-ethyl adjacent to an activating group) is 1. The lowest BCUT2D eigenvalue weighted by molar-refractivity contribution is -0.135. The van der Waals surface area contributed by atoms with E-state index in [9.17, 15) is 9.59 Å². The van der Waals surface area contributed by atoms with Gasteiger partial charge in [-0.2, -0.15) is 0 Å². The zero-order valence-corrected chi connectivity index (χ0v) is 15.4. The molecule has 138 valence electrons. The first-order valence-electron chi connectivity index (χ1n) is 9.56. The average Bonchev–Trinajstić information content (AvgIpc) is 2.62. The molecule has 2 fully saturated rings. The summed E-state index contributed by atoms with van der Waals surface area (Å²) in [6, 6.07) is 0. The van der Waals surface area contributed by atoms with Gasteiger partial charge in [0.1, 0.15) is 0 Å². The van der Waals surface area contributed by atoms with Crippen LogP contribution in [0.25, 0.3) is 0 Å². The van der Waals surface area contributed by atoms with E-state index in [0.717, 1.165) is 71.6 Å². The van der Waals surface area contributed by atoms with Crippen LogP contribution in [0.1, 0.15) is 39.0 Å². The number of carbonyl (C=O) groups excluding carboxylic acids is 2. The maximum atomic E-state index is 12.5. The number of nitrogens with one attached hydrogen (secondary N) is 1. The highest BCUT2D eigenvalue weighted by Crippen LogP contribution is 2.22. The van der Waals surface area contributed by atoms with Crippen molar-refractivity contribution in [1.82, 2.24) is 20.0 Å². The van der Waals surface area contributed by atoms with Gasteiger partial charge < -0.3 is 20.0 Å². The first kappa shape index (κ1) is 19.2. The van der Waals surface area contributed by atoms with Crippen LogP contribution in [0, 0.1) is 5.92 Å². The lowest BCUT2D eigenvalue weighted by Gasteiger charge is -2.36.